The van der Waals surface area contributed by atoms with Crippen LogP contribution in [0.2, 0.25) is 0 Å². The van der Waals surface area contributed by atoms with Gasteiger partial charge < -0.3 is 10.5 Å². The molecule has 0 amide bonds. The molecule has 90 valence electrons. The van der Waals surface area contributed by atoms with E-state index in [0.29, 0.717) is 0 Å². The van der Waals surface area contributed by atoms with Crippen molar-refractivity contribution in [2.24, 2.45) is 11.7 Å². The van der Waals surface area contributed by atoms with Crippen LogP contribution in [-0.4, -0.2) is 6.61 Å². The highest BCUT2D eigenvalue weighted by Crippen LogP contribution is 2.18. The molecule has 0 aromatic heterocycles. The molecule has 2 N–H and O–H groups in total. The Kier molecular flexibility index (Phi) is 5.33. The highest BCUT2D eigenvalue weighted by molar-refractivity contribution is 5.30. The molecule has 0 saturated carbocycles. The third-order valence-electron chi connectivity index (χ3n) is 2.58. The number of benzene rings is 1. The Hall–Kier alpha value is -1.02. The van der Waals surface area contributed by atoms with Crippen LogP contribution < -0.4 is 10.5 Å². The van der Waals surface area contributed by atoms with E-state index in [9.17, 15) is 0 Å². The number of nitrogens with two attached hydrogens (primary N) is 1. The van der Waals surface area contributed by atoms with Crippen molar-refractivity contribution < 1.29 is 4.74 Å². The zero-order valence-corrected chi connectivity index (χ0v) is 10.6. The lowest BCUT2D eigenvalue weighted by Crippen LogP contribution is -2.05. The molecule has 1 atom stereocenters. The maximum Gasteiger partial charge on any atom is 0.119 e. The number of ether oxygens (including phenoxy) is 1. The normalized spacial score (nSPS) is 12.8. The van der Waals surface area contributed by atoms with Gasteiger partial charge in [0, 0.05) is 6.04 Å². The second kappa shape index (κ2) is 6.54. The van der Waals surface area contributed by atoms with Crippen LogP contribution in [0.1, 0.15) is 45.2 Å². The molecule has 2 heteroatoms. The molecule has 0 radical (unpaired) electrons. The molecule has 0 spiro atoms. The van der Waals surface area contributed by atoms with Crippen molar-refractivity contribution in [1.29, 1.82) is 0 Å². The van der Waals surface area contributed by atoms with Crippen LogP contribution >= 0.6 is 0 Å². The van der Waals surface area contributed by atoms with E-state index in [4.69, 9.17) is 10.5 Å². The third kappa shape index (κ3) is 4.67. The van der Waals surface area contributed by atoms with Gasteiger partial charge in [-0.2, -0.15) is 0 Å². The summed E-state index contributed by atoms with van der Waals surface area (Å²) in [5.74, 6) is 1.68. The molecule has 0 heterocycles. The molecule has 2 nitrogen and oxygen atoms in total. The minimum absolute atomic E-state index is 0.0687. The van der Waals surface area contributed by atoms with E-state index in [1.54, 1.807) is 0 Å². The maximum atomic E-state index is 5.82. The van der Waals surface area contributed by atoms with E-state index >= 15 is 0 Å². The van der Waals surface area contributed by atoms with Crippen molar-refractivity contribution in [3.05, 3.63) is 29.8 Å². The molecule has 16 heavy (non-hydrogen) atoms. The van der Waals surface area contributed by atoms with Gasteiger partial charge in [-0.15, -0.1) is 0 Å². The molecular formula is C14H23NO. The molecule has 0 aliphatic heterocycles. The Bertz CT molecular complexity index is 307. The van der Waals surface area contributed by atoms with Gasteiger partial charge in [-0.3, -0.25) is 0 Å². The Morgan fingerprint density at radius 1 is 1.25 bits per heavy atom. The predicted octanol–water partition coefficient (Wildman–Crippen LogP) is 3.52. The SMILES string of the molecule is CC(C)CCCOc1cccc(C(C)N)c1. The third-order valence-corrected chi connectivity index (χ3v) is 2.58. The minimum Gasteiger partial charge on any atom is -0.494 e. The summed E-state index contributed by atoms with van der Waals surface area (Å²) in [5, 5.41) is 0. The van der Waals surface area contributed by atoms with Gasteiger partial charge in [0.25, 0.3) is 0 Å². The van der Waals surface area contributed by atoms with Crippen LogP contribution in [-0.2, 0) is 0 Å². The molecule has 0 bridgehead atoms. The van der Waals surface area contributed by atoms with Crippen molar-refractivity contribution in [1.82, 2.24) is 0 Å². The van der Waals surface area contributed by atoms with Gasteiger partial charge in [0.2, 0.25) is 0 Å². The smallest absolute Gasteiger partial charge is 0.119 e. The predicted molar refractivity (Wildman–Crippen MR) is 68.6 cm³/mol. The topological polar surface area (TPSA) is 35.2 Å². The molecule has 1 unspecified atom stereocenters. The summed E-state index contributed by atoms with van der Waals surface area (Å²) in [6, 6.07) is 8.11. The summed E-state index contributed by atoms with van der Waals surface area (Å²) < 4.78 is 5.69. The maximum absolute atomic E-state index is 5.82. The fourth-order valence-corrected chi connectivity index (χ4v) is 1.57. The summed E-state index contributed by atoms with van der Waals surface area (Å²) in [7, 11) is 0. The monoisotopic (exact) mass is 221 g/mol. The van der Waals surface area contributed by atoms with Crippen LogP contribution in [0.5, 0.6) is 5.75 Å². The molecule has 0 saturated heterocycles. The van der Waals surface area contributed by atoms with Crippen LogP contribution in [0, 0.1) is 5.92 Å². The van der Waals surface area contributed by atoms with E-state index in [0.717, 1.165) is 30.3 Å². The lowest BCUT2D eigenvalue weighted by molar-refractivity contribution is 0.297. The first-order chi connectivity index (χ1) is 7.59. The van der Waals surface area contributed by atoms with E-state index in [1.165, 1.54) is 6.42 Å². The molecule has 0 fully saturated rings. The van der Waals surface area contributed by atoms with Gasteiger partial charge in [0.1, 0.15) is 5.75 Å². The van der Waals surface area contributed by atoms with Crippen LogP contribution in [0.3, 0.4) is 0 Å². The fourth-order valence-electron chi connectivity index (χ4n) is 1.57. The van der Waals surface area contributed by atoms with E-state index < -0.39 is 0 Å². The minimum atomic E-state index is 0.0687. The van der Waals surface area contributed by atoms with E-state index in [1.807, 2.05) is 31.2 Å². The first kappa shape index (κ1) is 13.0. The quantitative estimate of drug-likeness (QED) is 0.746. The van der Waals surface area contributed by atoms with Gasteiger partial charge >= 0.3 is 0 Å². The zero-order chi connectivity index (χ0) is 12.0. The van der Waals surface area contributed by atoms with Crippen LogP contribution in [0.15, 0.2) is 24.3 Å². The molecular weight excluding hydrogens is 198 g/mol. The van der Waals surface area contributed by atoms with Gasteiger partial charge in [0.05, 0.1) is 6.61 Å². The van der Waals surface area contributed by atoms with Gasteiger partial charge in [0.15, 0.2) is 0 Å². The first-order valence-corrected chi connectivity index (χ1v) is 6.08. The Morgan fingerprint density at radius 2 is 2.00 bits per heavy atom. The standard InChI is InChI=1S/C14H23NO/c1-11(2)6-5-9-16-14-8-4-7-13(10-14)12(3)15/h4,7-8,10-12H,5-6,9,15H2,1-3H3. The second-order valence-electron chi connectivity index (χ2n) is 4.75. The van der Waals surface area contributed by atoms with Crippen LogP contribution in [0.4, 0.5) is 0 Å². The molecule has 1 rings (SSSR count). The highest BCUT2D eigenvalue weighted by atomic mass is 16.5. The van der Waals surface area contributed by atoms with Gasteiger partial charge in [-0.1, -0.05) is 26.0 Å². The Balaban J connectivity index is 2.39. The summed E-state index contributed by atoms with van der Waals surface area (Å²) in [5.41, 5.74) is 6.95. The number of rotatable bonds is 6. The first-order valence-electron chi connectivity index (χ1n) is 6.08. The second-order valence-corrected chi connectivity index (χ2v) is 4.75. The molecule has 0 aliphatic rings. The average Bonchev–Trinajstić information content (AvgIpc) is 2.24. The van der Waals surface area contributed by atoms with Crippen molar-refractivity contribution in [3.63, 3.8) is 0 Å². The molecule has 1 aromatic rings. The highest BCUT2D eigenvalue weighted by Gasteiger charge is 2.01. The van der Waals surface area contributed by atoms with Crippen LogP contribution in [0.25, 0.3) is 0 Å². The van der Waals surface area contributed by atoms with Crippen molar-refractivity contribution in [2.45, 2.75) is 39.7 Å². The molecule has 1 aromatic carbocycles. The van der Waals surface area contributed by atoms with Gasteiger partial charge in [-0.05, 0) is 43.4 Å². The average molecular weight is 221 g/mol. The Labute approximate surface area is 98.8 Å². The lowest BCUT2D eigenvalue weighted by Gasteiger charge is -2.10. The van der Waals surface area contributed by atoms with Crippen molar-refractivity contribution in [2.75, 3.05) is 6.61 Å². The number of hydrogen-bond acceptors (Lipinski definition) is 2. The largest absolute Gasteiger partial charge is 0.494 e. The van der Waals surface area contributed by atoms with E-state index in [-0.39, 0.29) is 6.04 Å². The summed E-state index contributed by atoms with van der Waals surface area (Å²) in [6.45, 7) is 7.24. The van der Waals surface area contributed by atoms with E-state index in [2.05, 4.69) is 13.8 Å². The lowest BCUT2D eigenvalue weighted by atomic mass is 10.1. The number of hydrogen-bond donors (Lipinski definition) is 1. The summed E-state index contributed by atoms with van der Waals surface area (Å²) >= 11 is 0. The summed E-state index contributed by atoms with van der Waals surface area (Å²) in [4.78, 5) is 0. The summed E-state index contributed by atoms with van der Waals surface area (Å²) in [6.07, 6.45) is 2.33. The van der Waals surface area contributed by atoms with Gasteiger partial charge in [-0.25, -0.2) is 0 Å². The fraction of sp³-hybridized carbons (Fsp3) is 0.571. The van der Waals surface area contributed by atoms with Crippen molar-refractivity contribution in [3.8, 4) is 5.75 Å². The zero-order valence-electron chi connectivity index (χ0n) is 10.6. The molecule has 0 aliphatic carbocycles. The Morgan fingerprint density at radius 3 is 2.62 bits per heavy atom. The van der Waals surface area contributed by atoms with Crippen molar-refractivity contribution >= 4 is 0 Å².